The van der Waals surface area contributed by atoms with Crippen LogP contribution < -0.4 is 10.6 Å². The Morgan fingerprint density at radius 3 is 2.53 bits per heavy atom. The Hall–Kier alpha value is -3.52. The van der Waals surface area contributed by atoms with Crippen LogP contribution >= 0.6 is 0 Å². The number of carbonyl (C=O) groups is 4. The van der Waals surface area contributed by atoms with Gasteiger partial charge in [-0.3, -0.25) is 29.4 Å². The summed E-state index contributed by atoms with van der Waals surface area (Å²) in [5.74, 6) is -3.87. The van der Waals surface area contributed by atoms with E-state index in [0.717, 1.165) is 11.1 Å². The van der Waals surface area contributed by atoms with E-state index in [2.05, 4.69) is 10.6 Å². The summed E-state index contributed by atoms with van der Waals surface area (Å²) in [6, 6.07) is 14.1. The summed E-state index contributed by atoms with van der Waals surface area (Å²) in [5.41, 5.74) is 1.55. The average molecular weight is 433 g/mol. The van der Waals surface area contributed by atoms with Crippen molar-refractivity contribution in [3.05, 3.63) is 65.2 Å². The number of rotatable bonds is 5. The molecule has 2 aromatic carbocycles. The molecule has 0 radical (unpaired) electrons. The van der Waals surface area contributed by atoms with E-state index in [4.69, 9.17) is 0 Å². The van der Waals surface area contributed by atoms with Gasteiger partial charge in [0, 0.05) is 23.7 Å². The first-order chi connectivity index (χ1) is 15.3. The van der Waals surface area contributed by atoms with E-state index in [1.165, 1.54) is 4.90 Å². The molecular formula is C24H23N3O5. The largest absolute Gasteiger partial charge is 0.481 e. The van der Waals surface area contributed by atoms with Crippen LogP contribution in [-0.4, -0.2) is 39.7 Å². The van der Waals surface area contributed by atoms with Crippen molar-refractivity contribution in [1.29, 1.82) is 0 Å². The lowest BCUT2D eigenvalue weighted by Crippen LogP contribution is -2.53. The number of aliphatic carboxylic acids is 1. The van der Waals surface area contributed by atoms with Crippen molar-refractivity contribution in [2.75, 3.05) is 5.32 Å². The fourth-order valence-corrected chi connectivity index (χ4v) is 5.48. The molecule has 0 aliphatic carbocycles. The number of anilines is 1. The highest BCUT2D eigenvalue weighted by atomic mass is 16.4. The first kappa shape index (κ1) is 20.4. The Bertz CT molecular complexity index is 1150. The highest BCUT2D eigenvalue weighted by Gasteiger charge is 2.70. The second-order valence-corrected chi connectivity index (χ2v) is 8.69. The van der Waals surface area contributed by atoms with Crippen molar-refractivity contribution in [1.82, 2.24) is 10.2 Å². The second-order valence-electron chi connectivity index (χ2n) is 8.69. The number of hydrogen-bond acceptors (Lipinski definition) is 5. The van der Waals surface area contributed by atoms with Crippen LogP contribution in [-0.2, 0) is 31.3 Å². The summed E-state index contributed by atoms with van der Waals surface area (Å²) in [5, 5.41) is 15.4. The number of imide groups is 1. The van der Waals surface area contributed by atoms with Crippen LogP contribution in [0.1, 0.15) is 29.5 Å². The predicted molar refractivity (Wildman–Crippen MR) is 114 cm³/mol. The van der Waals surface area contributed by atoms with Crippen LogP contribution in [0.4, 0.5) is 5.69 Å². The molecule has 4 atom stereocenters. The van der Waals surface area contributed by atoms with E-state index >= 15 is 0 Å². The molecular weight excluding hydrogens is 410 g/mol. The van der Waals surface area contributed by atoms with E-state index in [-0.39, 0.29) is 31.2 Å². The van der Waals surface area contributed by atoms with Gasteiger partial charge in [-0.05, 0) is 24.5 Å². The summed E-state index contributed by atoms with van der Waals surface area (Å²) < 4.78 is 0. The standard InChI is InChI=1S/C24H23N3O5/c1-13-6-5-9-15-20(13)25-23(32)24(15)19-18(16(26-24)10-11-17(28)29)21(30)27(22(19)31)12-14-7-3-2-4-8-14/h2-9,16,18-19,26H,10-12H2,1H3,(H,25,32)(H,28,29)/t16-,18-,19-,24+/m1/s1. The van der Waals surface area contributed by atoms with Crippen LogP contribution in [0.2, 0.25) is 0 Å². The zero-order valence-corrected chi connectivity index (χ0v) is 17.5. The molecule has 2 saturated heterocycles. The normalized spacial score (nSPS) is 28.2. The number of likely N-dealkylation sites (tertiary alicyclic amines) is 1. The molecule has 8 nitrogen and oxygen atoms in total. The SMILES string of the molecule is Cc1cccc2c1NC(=O)[C@]21N[C@H](CCC(=O)O)[C@H]2C(=O)N(Cc3ccccc3)C(=O)[C@@H]21. The fourth-order valence-electron chi connectivity index (χ4n) is 5.48. The summed E-state index contributed by atoms with van der Waals surface area (Å²) in [4.78, 5) is 53.0. The van der Waals surface area contributed by atoms with Gasteiger partial charge in [-0.25, -0.2) is 0 Å². The molecule has 0 aromatic heterocycles. The minimum Gasteiger partial charge on any atom is -0.481 e. The highest BCUT2D eigenvalue weighted by Crippen LogP contribution is 2.54. The number of fused-ring (bicyclic) bond motifs is 4. The van der Waals surface area contributed by atoms with Gasteiger partial charge in [0.2, 0.25) is 17.7 Å². The molecule has 0 unspecified atom stereocenters. The lowest BCUT2D eigenvalue weighted by Gasteiger charge is -2.29. The topological polar surface area (TPSA) is 116 Å². The number of nitrogens with zero attached hydrogens (tertiary/aromatic N) is 1. The van der Waals surface area contributed by atoms with Crippen molar-refractivity contribution in [3.63, 3.8) is 0 Å². The van der Waals surface area contributed by atoms with Gasteiger partial charge in [0.1, 0.15) is 5.54 Å². The van der Waals surface area contributed by atoms with E-state index in [0.29, 0.717) is 11.3 Å². The quantitative estimate of drug-likeness (QED) is 0.619. The molecule has 164 valence electrons. The van der Waals surface area contributed by atoms with Crippen molar-refractivity contribution >= 4 is 29.4 Å². The number of para-hydroxylation sites is 1. The molecule has 2 aromatic rings. The number of hydrogen-bond donors (Lipinski definition) is 3. The molecule has 32 heavy (non-hydrogen) atoms. The van der Waals surface area contributed by atoms with E-state index in [9.17, 15) is 24.3 Å². The van der Waals surface area contributed by atoms with Crippen LogP contribution in [0.15, 0.2) is 48.5 Å². The number of nitrogens with one attached hydrogen (secondary N) is 2. The van der Waals surface area contributed by atoms with Gasteiger partial charge in [-0.2, -0.15) is 0 Å². The summed E-state index contributed by atoms with van der Waals surface area (Å²) in [6.45, 7) is 1.99. The summed E-state index contributed by atoms with van der Waals surface area (Å²) in [7, 11) is 0. The van der Waals surface area contributed by atoms with Gasteiger partial charge in [0.25, 0.3) is 0 Å². The molecule has 3 heterocycles. The Balaban J connectivity index is 1.60. The van der Waals surface area contributed by atoms with Crippen molar-refractivity contribution in [2.45, 2.75) is 37.9 Å². The maximum atomic E-state index is 13.7. The molecule has 8 heteroatoms. The number of aryl methyl sites for hydroxylation is 1. The van der Waals surface area contributed by atoms with Crippen molar-refractivity contribution in [2.24, 2.45) is 11.8 Å². The molecule has 2 fully saturated rings. The Morgan fingerprint density at radius 1 is 1.06 bits per heavy atom. The Morgan fingerprint density at radius 2 is 1.81 bits per heavy atom. The zero-order valence-electron chi connectivity index (χ0n) is 17.5. The number of carboxylic acids is 1. The van der Waals surface area contributed by atoms with E-state index in [1.54, 1.807) is 6.07 Å². The first-order valence-corrected chi connectivity index (χ1v) is 10.6. The fraction of sp³-hybridized carbons (Fsp3) is 0.333. The van der Waals surface area contributed by atoms with E-state index in [1.807, 2.05) is 49.4 Å². The molecule has 0 saturated carbocycles. The highest BCUT2D eigenvalue weighted by molar-refractivity contribution is 6.15. The third-order valence-corrected chi connectivity index (χ3v) is 6.90. The second kappa shape index (κ2) is 7.27. The minimum absolute atomic E-state index is 0.121. The van der Waals surface area contributed by atoms with Gasteiger partial charge in [-0.1, -0.05) is 48.5 Å². The molecule has 3 aliphatic heterocycles. The van der Waals surface area contributed by atoms with Gasteiger partial charge in [0.15, 0.2) is 0 Å². The Labute approximate surface area is 184 Å². The third-order valence-electron chi connectivity index (χ3n) is 6.90. The zero-order chi connectivity index (χ0) is 22.6. The van der Waals surface area contributed by atoms with E-state index < -0.39 is 35.3 Å². The van der Waals surface area contributed by atoms with Crippen molar-refractivity contribution in [3.8, 4) is 0 Å². The molecule has 1 spiro atoms. The van der Waals surface area contributed by atoms with Crippen LogP contribution in [0.5, 0.6) is 0 Å². The van der Waals surface area contributed by atoms with Gasteiger partial charge in [0.05, 0.1) is 18.4 Å². The molecule has 5 rings (SSSR count). The van der Waals surface area contributed by atoms with Gasteiger partial charge in [-0.15, -0.1) is 0 Å². The molecule has 3 amide bonds. The molecule has 0 bridgehead atoms. The summed E-state index contributed by atoms with van der Waals surface area (Å²) >= 11 is 0. The maximum Gasteiger partial charge on any atom is 0.303 e. The lowest BCUT2D eigenvalue weighted by atomic mass is 9.76. The van der Waals surface area contributed by atoms with Crippen molar-refractivity contribution < 1.29 is 24.3 Å². The molecule has 3 N–H and O–H groups in total. The lowest BCUT2D eigenvalue weighted by molar-refractivity contribution is -0.144. The van der Waals surface area contributed by atoms with Crippen LogP contribution in [0.25, 0.3) is 0 Å². The maximum absolute atomic E-state index is 13.7. The van der Waals surface area contributed by atoms with Crippen LogP contribution in [0, 0.1) is 18.8 Å². The van der Waals surface area contributed by atoms with Crippen LogP contribution in [0.3, 0.4) is 0 Å². The average Bonchev–Trinajstić information content (AvgIpc) is 3.35. The molecule has 3 aliphatic rings. The number of carboxylic acid groups (broad SMARTS) is 1. The minimum atomic E-state index is -1.40. The monoisotopic (exact) mass is 433 g/mol. The first-order valence-electron chi connectivity index (χ1n) is 10.6. The summed E-state index contributed by atoms with van der Waals surface area (Å²) in [6.07, 6.45) is -0.0235. The third kappa shape index (κ3) is 2.79. The number of benzene rings is 2. The Kier molecular flexibility index (Phi) is 4.63. The number of amides is 3. The van der Waals surface area contributed by atoms with Gasteiger partial charge < -0.3 is 10.4 Å². The smallest absolute Gasteiger partial charge is 0.303 e. The van der Waals surface area contributed by atoms with Gasteiger partial charge >= 0.3 is 5.97 Å². The predicted octanol–water partition coefficient (Wildman–Crippen LogP) is 1.78. The number of carbonyl (C=O) groups excluding carboxylic acids is 3.